The van der Waals surface area contributed by atoms with Crippen molar-refractivity contribution in [1.29, 1.82) is 0 Å². The Kier molecular flexibility index (Phi) is 3.68. The summed E-state index contributed by atoms with van der Waals surface area (Å²) in [6, 6.07) is 1.78. The first kappa shape index (κ1) is 11.3. The van der Waals surface area contributed by atoms with Crippen LogP contribution >= 0.6 is 27.7 Å². The molecule has 0 aliphatic rings. The molecule has 16 heavy (non-hydrogen) atoms. The van der Waals surface area contributed by atoms with Crippen LogP contribution in [-0.2, 0) is 0 Å². The van der Waals surface area contributed by atoms with Crippen molar-refractivity contribution in [3.63, 3.8) is 0 Å². The number of hydrogen-bond acceptors (Lipinski definition) is 6. The third-order valence-electron chi connectivity index (χ3n) is 1.72. The third-order valence-corrected chi connectivity index (χ3v) is 3.63. The van der Waals surface area contributed by atoms with Crippen molar-refractivity contribution in [3.8, 4) is 0 Å². The quantitative estimate of drug-likeness (QED) is 0.692. The Balaban J connectivity index is 2.28. The number of halogens is 1. The van der Waals surface area contributed by atoms with Crippen LogP contribution in [0.4, 0.5) is 5.82 Å². The van der Waals surface area contributed by atoms with Gasteiger partial charge >= 0.3 is 0 Å². The van der Waals surface area contributed by atoms with Crippen molar-refractivity contribution in [2.45, 2.75) is 10.2 Å². The second-order valence-electron chi connectivity index (χ2n) is 2.72. The number of nitrogens with one attached hydrogen (secondary N) is 1. The molecule has 2 aromatic rings. The maximum Gasteiger partial charge on any atom is 0.193 e. The van der Waals surface area contributed by atoms with Crippen LogP contribution in [-0.4, -0.2) is 27.0 Å². The summed E-state index contributed by atoms with van der Waals surface area (Å²) in [4.78, 5) is 16.5. The first-order valence-corrected chi connectivity index (χ1v) is 6.05. The van der Waals surface area contributed by atoms with Gasteiger partial charge in [-0.1, -0.05) is 0 Å². The number of nitrogens with zero attached hydrogens (tertiary/aromatic N) is 4. The Morgan fingerprint density at radius 2 is 1.94 bits per heavy atom. The van der Waals surface area contributed by atoms with Gasteiger partial charge in [-0.05, 0) is 33.8 Å². The number of rotatable bonds is 3. The van der Waals surface area contributed by atoms with E-state index in [4.69, 9.17) is 0 Å². The minimum atomic E-state index is 0.656. The smallest absolute Gasteiger partial charge is 0.193 e. The predicted molar refractivity (Wildman–Crippen MR) is 65.4 cm³/mol. The lowest BCUT2D eigenvalue weighted by atomic mass is 10.6. The second-order valence-corrected chi connectivity index (χ2v) is 4.47. The van der Waals surface area contributed by atoms with Gasteiger partial charge < -0.3 is 5.32 Å². The fraction of sp³-hybridized carbons (Fsp3) is 0.111. The fourth-order valence-corrected chi connectivity index (χ4v) is 2.36. The molecule has 0 spiro atoms. The molecule has 0 aliphatic carbocycles. The van der Waals surface area contributed by atoms with Crippen molar-refractivity contribution in [2.75, 3.05) is 12.4 Å². The molecule has 0 bridgehead atoms. The number of aromatic nitrogens is 4. The van der Waals surface area contributed by atoms with Crippen molar-refractivity contribution in [3.05, 3.63) is 29.3 Å². The van der Waals surface area contributed by atoms with Crippen LogP contribution in [0.3, 0.4) is 0 Å². The molecule has 0 aliphatic heterocycles. The summed E-state index contributed by atoms with van der Waals surface area (Å²) in [6.45, 7) is 0. The number of anilines is 1. The molecule has 1 N–H and O–H groups in total. The van der Waals surface area contributed by atoms with E-state index in [9.17, 15) is 0 Å². The molecule has 5 nitrogen and oxygen atoms in total. The van der Waals surface area contributed by atoms with E-state index >= 15 is 0 Å². The van der Waals surface area contributed by atoms with Gasteiger partial charge in [-0.3, -0.25) is 0 Å². The largest absolute Gasteiger partial charge is 0.372 e. The molecule has 0 unspecified atom stereocenters. The summed E-state index contributed by atoms with van der Waals surface area (Å²) >= 11 is 4.82. The van der Waals surface area contributed by atoms with Crippen molar-refractivity contribution in [2.24, 2.45) is 0 Å². The molecule has 0 saturated carbocycles. The van der Waals surface area contributed by atoms with Crippen LogP contribution in [0.15, 0.2) is 39.4 Å². The van der Waals surface area contributed by atoms with E-state index in [0.717, 1.165) is 15.3 Å². The van der Waals surface area contributed by atoms with E-state index in [1.165, 1.54) is 18.1 Å². The van der Waals surface area contributed by atoms with Crippen LogP contribution in [0.2, 0.25) is 0 Å². The molecular weight excluding hydrogens is 290 g/mol. The Bertz CT molecular complexity index is 479. The standard InChI is InChI=1S/C9H8BrN5S/c1-11-7-6(10)8(15-5-14-7)16-9-12-3-2-4-13-9/h2-5H,1H3,(H,11,14,15). The van der Waals surface area contributed by atoms with Gasteiger partial charge in [0.15, 0.2) is 5.16 Å². The van der Waals surface area contributed by atoms with Crippen LogP contribution in [0, 0.1) is 0 Å². The Hall–Kier alpha value is -1.21. The SMILES string of the molecule is CNc1ncnc(Sc2ncccn2)c1Br. The molecule has 0 amide bonds. The molecule has 2 rings (SSSR count). The lowest BCUT2D eigenvalue weighted by molar-refractivity contribution is 0.952. The normalized spacial score (nSPS) is 10.1. The Morgan fingerprint density at radius 3 is 2.62 bits per heavy atom. The van der Waals surface area contributed by atoms with Crippen LogP contribution in [0.25, 0.3) is 0 Å². The molecule has 0 saturated heterocycles. The van der Waals surface area contributed by atoms with Crippen molar-refractivity contribution in [1.82, 2.24) is 19.9 Å². The summed E-state index contributed by atoms with van der Waals surface area (Å²) in [6.07, 6.45) is 4.90. The minimum absolute atomic E-state index is 0.656. The average molecular weight is 298 g/mol. The first-order chi connectivity index (χ1) is 7.81. The highest BCUT2D eigenvalue weighted by molar-refractivity contribution is 9.10. The van der Waals surface area contributed by atoms with Gasteiger partial charge in [0.25, 0.3) is 0 Å². The van der Waals surface area contributed by atoms with Gasteiger partial charge in [-0.2, -0.15) is 0 Å². The summed E-state index contributed by atoms with van der Waals surface area (Å²) in [7, 11) is 1.81. The molecule has 0 fully saturated rings. The summed E-state index contributed by atoms with van der Waals surface area (Å²) in [5, 5.41) is 4.41. The summed E-state index contributed by atoms with van der Waals surface area (Å²) in [5.74, 6) is 0.744. The van der Waals surface area contributed by atoms with E-state index in [0.29, 0.717) is 5.16 Å². The van der Waals surface area contributed by atoms with Crippen LogP contribution < -0.4 is 5.32 Å². The lowest BCUT2D eigenvalue weighted by Gasteiger charge is -2.05. The van der Waals surface area contributed by atoms with Gasteiger partial charge in [-0.25, -0.2) is 19.9 Å². The topological polar surface area (TPSA) is 63.6 Å². The van der Waals surface area contributed by atoms with E-state index in [2.05, 4.69) is 41.2 Å². The highest BCUT2D eigenvalue weighted by Crippen LogP contribution is 2.32. The van der Waals surface area contributed by atoms with Gasteiger partial charge in [-0.15, -0.1) is 0 Å². The second kappa shape index (κ2) is 5.22. The number of hydrogen-bond donors (Lipinski definition) is 1. The highest BCUT2D eigenvalue weighted by atomic mass is 79.9. The van der Waals surface area contributed by atoms with Gasteiger partial charge in [0, 0.05) is 19.4 Å². The van der Waals surface area contributed by atoms with Gasteiger partial charge in [0.05, 0.1) is 4.47 Å². The van der Waals surface area contributed by atoms with Crippen LogP contribution in [0.1, 0.15) is 0 Å². The Labute approximate surface area is 105 Å². The lowest BCUT2D eigenvalue weighted by Crippen LogP contribution is -1.96. The van der Waals surface area contributed by atoms with Gasteiger partial charge in [0.2, 0.25) is 0 Å². The average Bonchev–Trinajstić information content (AvgIpc) is 2.33. The third kappa shape index (κ3) is 2.48. The fourth-order valence-electron chi connectivity index (χ4n) is 1.02. The Morgan fingerprint density at radius 1 is 1.19 bits per heavy atom. The van der Waals surface area contributed by atoms with E-state index in [-0.39, 0.29) is 0 Å². The highest BCUT2D eigenvalue weighted by Gasteiger charge is 2.09. The molecular formula is C9H8BrN5S. The molecule has 2 aromatic heterocycles. The molecule has 2 heterocycles. The van der Waals surface area contributed by atoms with E-state index < -0.39 is 0 Å². The monoisotopic (exact) mass is 297 g/mol. The zero-order valence-electron chi connectivity index (χ0n) is 8.38. The maximum absolute atomic E-state index is 4.17. The zero-order chi connectivity index (χ0) is 11.4. The summed E-state index contributed by atoms with van der Waals surface area (Å²) in [5.41, 5.74) is 0. The van der Waals surface area contributed by atoms with Crippen molar-refractivity contribution < 1.29 is 0 Å². The molecule has 0 aromatic carbocycles. The van der Waals surface area contributed by atoms with E-state index in [1.807, 2.05) is 0 Å². The predicted octanol–water partition coefficient (Wildman–Crippen LogP) is 2.22. The zero-order valence-corrected chi connectivity index (χ0v) is 10.8. The van der Waals surface area contributed by atoms with E-state index in [1.54, 1.807) is 25.5 Å². The maximum atomic E-state index is 4.17. The molecule has 0 atom stereocenters. The minimum Gasteiger partial charge on any atom is -0.372 e. The molecule has 0 radical (unpaired) electrons. The summed E-state index contributed by atoms with van der Waals surface area (Å²) < 4.78 is 0.815. The molecule has 7 heteroatoms. The van der Waals surface area contributed by atoms with Crippen LogP contribution in [0.5, 0.6) is 0 Å². The molecule has 82 valence electrons. The van der Waals surface area contributed by atoms with Crippen molar-refractivity contribution >= 4 is 33.5 Å². The van der Waals surface area contributed by atoms with Gasteiger partial charge in [0.1, 0.15) is 17.2 Å². The first-order valence-electron chi connectivity index (χ1n) is 4.44.